The monoisotopic (exact) mass is 431 g/mol. The van der Waals surface area contributed by atoms with E-state index in [1.54, 1.807) is 36.4 Å². The lowest BCUT2D eigenvalue weighted by Crippen LogP contribution is -2.36. The number of hydrogen-bond acceptors (Lipinski definition) is 3. The number of nitrogens with one attached hydrogen (secondary N) is 1. The van der Waals surface area contributed by atoms with E-state index < -0.39 is 0 Å². The third-order valence-corrected chi connectivity index (χ3v) is 5.42. The van der Waals surface area contributed by atoms with E-state index in [1.165, 1.54) is 5.56 Å². The second-order valence-electron chi connectivity index (χ2n) is 7.73. The Morgan fingerprint density at radius 2 is 1.61 bits per heavy atom. The number of halogens is 1. The van der Waals surface area contributed by atoms with Gasteiger partial charge in [-0.05, 0) is 35.2 Å². The van der Waals surface area contributed by atoms with Crippen molar-refractivity contribution < 1.29 is 4.79 Å². The van der Waals surface area contributed by atoms with Crippen LogP contribution in [0.2, 0.25) is 5.02 Å². The highest BCUT2D eigenvalue weighted by atomic mass is 35.5. The van der Waals surface area contributed by atoms with Gasteiger partial charge < -0.3 is 0 Å². The third kappa shape index (κ3) is 4.52. The number of aromatic nitrogens is 2. The molecule has 6 heteroatoms. The topological polar surface area (TPSA) is 64.0 Å². The summed E-state index contributed by atoms with van der Waals surface area (Å²) in [6, 6.07) is 22.4. The first-order valence-electron chi connectivity index (χ1n) is 10.1. The van der Waals surface area contributed by atoms with Crippen molar-refractivity contribution in [3.63, 3.8) is 0 Å². The Morgan fingerprint density at radius 1 is 0.968 bits per heavy atom. The highest BCUT2D eigenvalue weighted by Gasteiger charge is 2.14. The molecule has 31 heavy (non-hydrogen) atoms. The van der Waals surface area contributed by atoms with Gasteiger partial charge in [0.2, 0.25) is 5.91 Å². The van der Waals surface area contributed by atoms with E-state index in [9.17, 15) is 9.59 Å². The second kappa shape index (κ2) is 8.74. The Hall–Kier alpha value is -3.44. The Balaban J connectivity index is 1.72. The first-order valence-corrected chi connectivity index (χ1v) is 10.5. The molecule has 5 nitrogen and oxygen atoms in total. The number of carbonyl (C=O) groups excluding carboxylic acids is 1. The van der Waals surface area contributed by atoms with Gasteiger partial charge in [0.15, 0.2) is 0 Å². The van der Waals surface area contributed by atoms with Crippen LogP contribution in [0.5, 0.6) is 0 Å². The summed E-state index contributed by atoms with van der Waals surface area (Å²) < 4.78 is 0. The molecule has 0 aliphatic carbocycles. The van der Waals surface area contributed by atoms with Gasteiger partial charge in [-0.1, -0.05) is 80.0 Å². The maximum Gasteiger partial charge on any atom is 0.294 e. The summed E-state index contributed by atoms with van der Waals surface area (Å²) in [4.78, 5) is 26.6. The van der Waals surface area contributed by atoms with Crippen LogP contribution in [0, 0.1) is 0 Å². The van der Waals surface area contributed by atoms with E-state index in [1.807, 2.05) is 24.3 Å². The fourth-order valence-electron chi connectivity index (χ4n) is 3.45. The van der Waals surface area contributed by atoms with Crippen LogP contribution in [0.3, 0.4) is 0 Å². The van der Waals surface area contributed by atoms with E-state index in [2.05, 4.69) is 36.5 Å². The van der Waals surface area contributed by atoms with Gasteiger partial charge in [0.1, 0.15) is 5.69 Å². The van der Waals surface area contributed by atoms with E-state index in [0.717, 1.165) is 21.3 Å². The van der Waals surface area contributed by atoms with Crippen LogP contribution >= 0.6 is 11.6 Å². The standard InChI is InChI=1S/C25H22ClN3O2/c1-16(2)18-9-11-19(12-10-18)24-21-5-3-4-6-22(21)25(31)29(28-24)27-23(30)15-17-7-13-20(26)14-8-17/h3-14,16H,15H2,1-2H3,(H,27,30). The molecule has 0 bridgehead atoms. The second-order valence-corrected chi connectivity index (χ2v) is 8.16. The van der Waals surface area contributed by atoms with Gasteiger partial charge in [-0.2, -0.15) is 0 Å². The molecule has 0 saturated carbocycles. The average molecular weight is 432 g/mol. The highest BCUT2D eigenvalue weighted by Crippen LogP contribution is 2.26. The first kappa shape index (κ1) is 20.8. The van der Waals surface area contributed by atoms with Gasteiger partial charge in [-0.25, -0.2) is 5.43 Å². The van der Waals surface area contributed by atoms with Crippen molar-refractivity contribution in [3.05, 3.63) is 99.3 Å². The van der Waals surface area contributed by atoms with Crippen LogP contribution < -0.4 is 11.0 Å². The van der Waals surface area contributed by atoms with E-state index >= 15 is 0 Å². The van der Waals surface area contributed by atoms with Crippen molar-refractivity contribution in [1.82, 2.24) is 9.89 Å². The zero-order valence-corrected chi connectivity index (χ0v) is 18.1. The normalized spacial score (nSPS) is 11.1. The van der Waals surface area contributed by atoms with Crippen LogP contribution in [-0.2, 0) is 11.2 Å². The molecule has 0 atom stereocenters. The fourth-order valence-corrected chi connectivity index (χ4v) is 3.58. The van der Waals surface area contributed by atoms with Crippen LogP contribution in [0.1, 0.15) is 30.9 Å². The lowest BCUT2D eigenvalue weighted by molar-refractivity contribution is -0.116. The van der Waals surface area contributed by atoms with Gasteiger partial charge in [-0.15, -0.1) is 9.89 Å². The van der Waals surface area contributed by atoms with Crippen LogP contribution in [0.4, 0.5) is 0 Å². The molecule has 1 heterocycles. The van der Waals surface area contributed by atoms with Crippen LogP contribution in [-0.4, -0.2) is 15.8 Å². The molecule has 1 amide bonds. The number of hydrogen-bond donors (Lipinski definition) is 1. The molecule has 0 fully saturated rings. The molecule has 0 aliphatic heterocycles. The SMILES string of the molecule is CC(C)c1ccc(-c2nn(NC(=O)Cc3ccc(Cl)cc3)c(=O)c3ccccc23)cc1. The van der Waals surface area contributed by atoms with Gasteiger partial charge in [0.25, 0.3) is 5.56 Å². The Kier molecular flexibility index (Phi) is 5.87. The molecule has 0 unspecified atom stereocenters. The van der Waals surface area contributed by atoms with Gasteiger partial charge in [0, 0.05) is 16.0 Å². The predicted molar refractivity (Wildman–Crippen MR) is 125 cm³/mol. The quantitative estimate of drug-likeness (QED) is 0.475. The molecular formula is C25H22ClN3O2. The first-order chi connectivity index (χ1) is 14.9. The molecule has 4 aromatic rings. The Bertz CT molecular complexity index is 1290. The number of carbonyl (C=O) groups is 1. The molecule has 4 rings (SSSR count). The summed E-state index contributed by atoms with van der Waals surface area (Å²) in [5.41, 5.74) is 5.78. The maximum absolute atomic E-state index is 13.0. The molecule has 1 N–H and O–H groups in total. The largest absolute Gasteiger partial charge is 0.294 e. The molecule has 156 valence electrons. The molecule has 0 aliphatic rings. The summed E-state index contributed by atoms with van der Waals surface area (Å²) >= 11 is 5.90. The molecule has 1 aromatic heterocycles. The molecular weight excluding hydrogens is 410 g/mol. The minimum absolute atomic E-state index is 0.108. The summed E-state index contributed by atoms with van der Waals surface area (Å²) in [5.74, 6) is 0.0770. The van der Waals surface area contributed by atoms with E-state index in [-0.39, 0.29) is 17.9 Å². The molecule has 0 radical (unpaired) electrons. The summed E-state index contributed by atoms with van der Waals surface area (Å²) in [6.45, 7) is 4.28. The number of rotatable bonds is 5. The van der Waals surface area contributed by atoms with E-state index in [4.69, 9.17) is 11.6 Å². The zero-order valence-electron chi connectivity index (χ0n) is 17.3. The average Bonchev–Trinajstić information content (AvgIpc) is 2.77. The number of benzene rings is 3. The summed E-state index contributed by atoms with van der Waals surface area (Å²) in [7, 11) is 0. The Labute approximate surface area is 185 Å². The minimum Gasteiger partial charge on any atom is -0.273 e. The van der Waals surface area contributed by atoms with Crippen LogP contribution in [0.15, 0.2) is 77.6 Å². The Morgan fingerprint density at radius 3 is 2.26 bits per heavy atom. The number of nitrogens with zero attached hydrogens (tertiary/aromatic N) is 2. The molecule has 3 aromatic carbocycles. The van der Waals surface area contributed by atoms with Crippen LogP contribution in [0.25, 0.3) is 22.0 Å². The van der Waals surface area contributed by atoms with Gasteiger partial charge in [0.05, 0.1) is 11.8 Å². The van der Waals surface area contributed by atoms with Crippen molar-refractivity contribution >= 4 is 28.3 Å². The lowest BCUT2D eigenvalue weighted by Gasteiger charge is -2.13. The van der Waals surface area contributed by atoms with Crippen molar-refractivity contribution in [2.45, 2.75) is 26.2 Å². The van der Waals surface area contributed by atoms with Crippen molar-refractivity contribution in [1.29, 1.82) is 0 Å². The lowest BCUT2D eigenvalue weighted by atomic mass is 9.99. The molecule has 0 spiro atoms. The van der Waals surface area contributed by atoms with E-state index in [0.29, 0.717) is 22.0 Å². The minimum atomic E-state index is -0.373. The maximum atomic E-state index is 13.0. The third-order valence-electron chi connectivity index (χ3n) is 5.16. The van der Waals surface area contributed by atoms with Crippen molar-refractivity contribution in [2.75, 3.05) is 5.43 Å². The highest BCUT2D eigenvalue weighted by molar-refractivity contribution is 6.30. The predicted octanol–water partition coefficient (Wildman–Crippen LogP) is 5.15. The molecule has 0 saturated heterocycles. The van der Waals surface area contributed by atoms with Gasteiger partial charge in [-0.3, -0.25) is 9.59 Å². The van der Waals surface area contributed by atoms with Gasteiger partial charge >= 0.3 is 0 Å². The van der Waals surface area contributed by atoms with Crippen molar-refractivity contribution in [2.24, 2.45) is 0 Å². The van der Waals surface area contributed by atoms with Crippen molar-refractivity contribution in [3.8, 4) is 11.3 Å². The summed E-state index contributed by atoms with van der Waals surface area (Å²) in [6.07, 6.45) is 0.108. The number of amides is 1. The summed E-state index contributed by atoms with van der Waals surface area (Å²) in [5, 5.41) is 6.33. The smallest absolute Gasteiger partial charge is 0.273 e. The number of fused-ring (bicyclic) bond motifs is 1. The fraction of sp³-hybridized carbons (Fsp3) is 0.160. The zero-order chi connectivity index (χ0) is 22.0.